The summed E-state index contributed by atoms with van der Waals surface area (Å²) in [5.74, 6) is 0. The van der Waals surface area contributed by atoms with Crippen molar-refractivity contribution in [2.24, 2.45) is 0 Å². The zero-order chi connectivity index (χ0) is 2.00. The van der Waals surface area contributed by atoms with E-state index in [0.717, 1.165) is 0 Å². The summed E-state index contributed by atoms with van der Waals surface area (Å²) >= 11 is 0. The van der Waals surface area contributed by atoms with E-state index in [1.165, 1.54) is 0 Å². The van der Waals surface area contributed by atoms with Crippen LogP contribution in [0.15, 0.2) is 0 Å². The fourth-order valence-corrected chi connectivity index (χ4v) is 0. The van der Waals surface area contributed by atoms with Gasteiger partial charge in [-0.1, -0.05) is 0 Å². The van der Waals surface area contributed by atoms with Crippen LogP contribution in [-0.2, 0) is 17.1 Å². The predicted molar refractivity (Wildman–Crippen MR) is 22.3 cm³/mol. The van der Waals surface area contributed by atoms with E-state index in [9.17, 15) is 0 Å². The van der Waals surface area contributed by atoms with Crippen molar-refractivity contribution in [3.05, 3.63) is 0 Å². The van der Waals surface area contributed by atoms with Crippen molar-refractivity contribution in [1.29, 1.82) is 5.26 Å². The largest absolute Gasteiger partial charge is 1.00 e. The molecular weight excluding hydrogens is 167 g/mol. The molecule has 0 aromatic heterocycles. The second kappa shape index (κ2) is 118. The molecule has 0 aromatic rings. The Balaban J connectivity index is -0.000000000500. The number of halogens is 2. The maximum absolute atomic E-state index is 6.50. The zero-order valence-electron chi connectivity index (χ0n) is 4.14. The van der Waals surface area contributed by atoms with E-state index in [1.807, 2.05) is 0 Å². The number of hydrogen-bond acceptors (Lipinski definition) is 1. The summed E-state index contributed by atoms with van der Waals surface area (Å²) in [6, 6.07) is 0. The van der Waals surface area contributed by atoms with Gasteiger partial charge in [0.2, 0.25) is 0 Å². The number of nitrogens with zero attached hydrogens (tertiary/aromatic N) is 1. The van der Waals surface area contributed by atoms with Gasteiger partial charge in [-0.2, -0.15) is 0 Å². The Morgan fingerprint density at radius 1 is 1.17 bits per heavy atom. The molecule has 5 heteroatoms. The average molecular weight is 171 g/mol. The third kappa shape index (κ3) is 64.5. The molecule has 0 aliphatic carbocycles. The summed E-state index contributed by atoms with van der Waals surface area (Å²) in [6.45, 7) is 3.50. The van der Waals surface area contributed by atoms with Gasteiger partial charge in [0, 0.05) is 23.6 Å². The molecule has 0 heterocycles. The summed E-state index contributed by atoms with van der Waals surface area (Å²) in [5.41, 5.74) is 0. The predicted octanol–water partition coefficient (Wildman–Crippen LogP) is -1.90. The number of nitriles is 1. The smallest absolute Gasteiger partial charge is 1.00 e. The van der Waals surface area contributed by atoms with Gasteiger partial charge in [-0.25, -0.2) is 5.26 Å². The molecule has 0 fully saturated rings. The zero-order valence-corrected chi connectivity index (χ0v) is 5.72. The van der Waals surface area contributed by atoms with Gasteiger partial charge in [0.15, 0.2) is 0 Å². The van der Waals surface area contributed by atoms with Crippen molar-refractivity contribution >= 4 is 24.8 Å². The summed E-state index contributed by atoms with van der Waals surface area (Å²) in [5, 5.41) is 6.50. The average Bonchev–Trinajstić information content (AvgIpc) is 1.00. The molecule has 0 aliphatic rings. The quantitative estimate of drug-likeness (QED) is 0.391. The van der Waals surface area contributed by atoms with Gasteiger partial charge in [-0.15, -0.1) is 24.8 Å². The Bertz CT molecular complexity index is 22.4. The van der Waals surface area contributed by atoms with Gasteiger partial charge in [-0.05, 0) is 0 Å². The normalized spacial score (nSPS) is 0.333. The first-order valence-electron chi connectivity index (χ1n) is 0.258. The van der Waals surface area contributed by atoms with E-state index in [-0.39, 0.29) is 62.2 Å². The van der Waals surface area contributed by atoms with Crippen molar-refractivity contribution in [2.45, 2.75) is 0 Å². The Morgan fingerprint density at radius 3 is 1.17 bits per heavy atom. The van der Waals surface area contributed by atoms with Gasteiger partial charge in [0.05, 0.1) is 0 Å². The number of hydrogen-bond donors (Lipinski definition) is 0. The minimum Gasteiger partial charge on any atom is -1.00 e. The minimum absolute atomic E-state index is 0. The van der Waals surface area contributed by atoms with E-state index < -0.39 is 0 Å². The van der Waals surface area contributed by atoms with Gasteiger partial charge in [0.1, 0.15) is 0 Å². The Hall–Kier alpha value is 1.19. The molecule has 39 valence electrons. The van der Waals surface area contributed by atoms with E-state index >= 15 is 0 Å². The van der Waals surface area contributed by atoms with Gasteiger partial charge < -0.3 is 1.43 Å². The molecule has 0 aliphatic heterocycles. The van der Waals surface area contributed by atoms with Crippen LogP contribution in [-0.4, -0.2) is 0 Å². The van der Waals surface area contributed by atoms with Crippen LogP contribution in [0.25, 0.3) is 0 Å². The molecule has 0 unspecified atom stereocenters. The Labute approximate surface area is 73.8 Å². The van der Waals surface area contributed by atoms with Gasteiger partial charge >= 0.3 is 18.9 Å². The van der Waals surface area contributed by atoms with E-state index in [1.54, 1.807) is 0 Å². The van der Waals surface area contributed by atoms with Crippen molar-refractivity contribution < 1.29 is 37.4 Å². The van der Waals surface area contributed by atoms with Crippen LogP contribution in [0.3, 0.4) is 0 Å². The van der Waals surface area contributed by atoms with Crippen LogP contribution >= 0.6 is 24.8 Å². The van der Waals surface area contributed by atoms with Crippen LogP contribution in [0.5, 0.6) is 0 Å². The van der Waals surface area contributed by atoms with E-state index in [0.29, 0.717) is 0 Å². The van der Waals surface area contributed by atoms with E-state index in [4.69, 9.17) is 5.26 Å². The van der Waals surface area contributed by atoms with Crippen LogP contribution in [0.1, 0.15) is 1.43 Å². The van der Waals surface area contributed by atoms with Crippen LogP contribution in [0.4, 0.5) is 0 Å². The third-order valence-corrected chi connectivity index (χ3v) is 0. The molecule has 0 saturated carbocycles. The molecule has 0 spiro atoms. The second-order valence-electron chi connectivity index (χ2n) is 0. The Morgan fingerprint density at radius 2 is 1.17 bits per heavy atom. The summed E-state index contributed by atoms with van der Waals surface area (Å²) < 4.78 is 0. The fraction of sp³-hybridized carbons (Fsp3) is 0. The standard InChI is InChI=1S/CHN.2ClH.Cu.Li.H/c1-2;;;;;/h1H;2*1H;;;/q;;;;+1;-1. The maximum Gasteiger partial charge on any atom is 1.00 e. The molecular formula is CH4Cl2CuLiN. The molecule has 6 heavy (non-hydrogen) atoms. The van der Waals surface area contributed by atoms with Crippen molar-refractivity contribution in [2.75, 3.05) is 0 Å². The van der Waals surface area contributed by atoms with Crippen LogP contribution < -0.4 is 18.9 Å². The summed E-state index contributed by atoms with van der Waals surface area (Å²) in [7, 11) is 0. The second-order valence-corrected chi connectivity index (χ2v) is 0. The Kier molecular flexibility index (Phi) is 1130. The molecule has 0 saturated heterocycles. The molecule has 0 amide bonds. The van der Waals surface area contributed by atoms with Crippen molar-refractivity contribution in [3.63, 3.8) is 0 Å². The fourth-order valence-electron chi connectivity index (χ4n) is 0. The first-order chi connectivity index (χ1) is 1.00. The summed E-state index contributed by atoms with van der Waals surface area (Å²) in [6.07, 6.45) is 0. The molecule has 0 rings (SSSR count). The molecule has 0 bridgehead atoms. The third-order valence-electron chi connectivity index (χ3n) is 0. The van der Waals surface area contributed by atoms with E-state index in [2.05, 4.69) is 6.57 Å². The van der Waals surface area contributed by atoms with Crippen LogP contribution in [0.2, 0.25) is 0 Å². The minimum atomic E-state index is 0. The molecule has 0 atom stereocenters. The topological polar surface area (TPSA) is 23.8 Å². The number of rotatable bonds is 0. The first-order valence-corrected chi connectivity index (χ1v) is 0.258. The van der Waals surface area contributed by atoms with Crippen molar-refractivity contribution in [1.82, 2.24) is 0 Å². The molecule has 1 radical (unpaired) electrons. The van der Waals surface area contributed by atoms with Gasteiger partial charge in [-0.3, -0.25) is 0 Å². The first kappa shape index (κ1) is 57.5. The van der Waals surface area contributed by atoms with Crippen LogP contribution in [0, 0.1) is 11.8 Å². The molecule has 0 N–H and O–H groups in total. The monoisotopic (exact) mass is 170 g/mol. The van der Waals surface area contributed by atoms with Crippen molar-refractivity contribution in [3.8, 4) is 6.57 Å². The maximum atomic E-state index is 6.50. The molecule has 0 aromatic carbocycles. The van der Waals surface area contributed by atoms with Gasteiger partial charge in [0.25, 0.3) is 0 Å². The summed E-state index contributed by atoms with van der Waals surface area (Å²) in [4.78, 5) is 0. The SMILES string of the molecule is C#N.Cl.Cl.[Cu].[H-].[Li+]. The molecule has 1 nitrogen and oxygen atoms in total.